The van der Waals surface area contributed by atoms with E-state index in [0.717, 1.165) is 11.8 Å². The minimum atomic E-state index is -2.24. The zero-order valence-corrected chi connectivity index (χ0v) is 31.1. The Balaban J connectivity index is 1.38. The molecule has 16 heteroatoms. The molecule has 0 aromatic heterocycles. The summed E-state index contributed by atoms with van der Waals surface area (Å²) in [5.41, 5.74) is 1.33. The third-order valence-electron chi connectivity index (χ3n) is 9.71. The van der Waals surface area contributed by atoms with Gasteiger partial charge >= 0.3 is 6.09 Å². The van der Waals surface area contributed by atoms with E-state index in [0.29, 0.717) is 25.1 Å². The molecule has 2 amide bonds. The largest absolute Gasteiger partial charge is 0.445 e. The van der Waals surface area contributed by atoms with Gasteiger partial charge in [-0.05, 0) is 66.9 Å². The SMILES string of the molecule is C[C@@H](O[Si](C)(C)C(C)(C)C)[C@@H]1C(=O)N(CCOCc2ccc([N+](=O)[O-])cc2)[C@H]1C(C=O)S[C@H]1CCN(C(=O)OCc2ccc([N+](=O)[O-])cc2)C1. The van der Waals surface area contributed by atoms with Crippen molar-refractivity contribution in [2.45, 2.75) is 88.1 Å². The van der Waals surface area contributed by atoms with Crippen molar-refractivity contribution in [3.05, 3.63) is 79.9 Å². The number of likely N-dealkylation sites (tertiary alicyclic amines) is 2. The first-order valence-electron chi connectivity index (χ1n) is 16.6. The Morgan fingerprint density at radius 3 is 2.10 bits per heavy atom. The van der Waals surface area contributed by atoms with Crippen LogP contribution in [0.5, 0.6) is 0 Å². The van der Waals surface area contributed by atoms with Crippen LogP contribution in [0.1, 0.15) is 45.2 Å². The summed E-state index contributed by atoms with van der Waals surface area (Å²) in [5, 5.41) is 21.1. The van der Waals surface area contributed by atoms with Crippen molar-refractivity contribution in [1.29, 1.82) is 0 Å². The van der Waals surface area contributed by atoms with Crippen LogP contribution in [0.3, 0.4) is 0 Å². The van der Waals surface area contributed by atoms with Crippen LogP contribution >= 0.6 is 11.8 Å². The number of rotatable bonds is 16. The number of benzene rings is 2. The highest BCUT2D eigenvalue weighted by atomic mass is 32.2. The maximum atomic E-state index is 13.7. The highest BCUT2D eigenvalue weighted by Gasteiger charge is 2.55. The number of ether oxygens (including phenoxy) is 2. The van der Waals surface area contributed by atoms with Crippen LogP contribution < -0.4 is 0 Å². The van der Waals surface area contributed by atoms with Gasteiger partial charge in [0.2, 0.25) is 5.91 Å². The van der Waals surface area contributed by atoms with Gasteiger partial charge in [-0.2, -0.15) is 0 Å². The van der Waals surface area contributed by atoms with Crippen LogP contribution in [0.25, 0.3) is 0 Å². The Hall–Kier alpha value is -3.86. The summed E-state index contributed by atoms with van der Waals surface area (Å²) in [6.45, 7) is 14.0. The number of nitro benzene ring substituents is 2. The van der Waals surface area contributed by atoms with Gasteiger partial charge in [-0.25, -0.2) is 4.79 Å². The topological polar surface area (TPSA) is 172 Å². The van der Waals surface area contributed by atoms with Crippen molar-refractivity contribution in [2.24, 2.45) is 5.92 Å². The average molecular weight is 731 g/mol. The Bertz CT molecular complexity index is 1540. The molecule has 50 heavy (non-hydrogen) atoms. The second-order valence-corrected chi connectivity index (χ2v) is 20.4. The number of hydrogen-bond donors (Lipinski definition) is 0. The molecule has 2 saturated heterocycles. The molecule has 272 valence electrons. The lowest BCUT2D eigenvalue weighted by atomic mass is 9.81. The zero-order valence-electron chi connectivity index (χ0n) is 29.3. The summed E-state index contributed by atoms with van der Waals surface area (Å²) < 4.78 is 17.9. The fourth-order valence-corrected chi connectivity index (χ4v) is 8.79. The molecular formula is C34H46N4O10SSi. The van der Waals surface area contributed by atoms with Crippen molar-refractivity contribution >= 4 is 49.7 Å². The number of amides is 2. The lowest BCUT2D eigenvalue weighted by molar-refractivity contribution is -0.385. The fraction of sp³-hybridized carbons (Fsp3) is 0.559. The number of aldehydes is 1. The normalized spacial score (nSPS) is 20.6. The van der Waals surface area contributed by atoms with E-state index in [2.05, 4.69) is 33.9 Å². The fourth-order valence-electron chi connectivity index (χ4n) is 5.87. The molecule has 4 rings (SSSR count). The van der Waals surface area contributed by atoms with Crippen molar-refractivity contribution < 1.29 is 38.1 Å². The third-order valence-corrected chi connectivity index (χ3v) is 15.8. The highest BCUT2D eigenvalue weighted by molar-refractivity contribution is 8.01. The molecule has 0 saturated carbocycles. The molecule has 2 aromatic carbocycles. The van der Waals surface area contributed by atoms with E-state index in [9.17, 15) is 34.6 Å². The number of hydrogen-bond acceptors (Lipinski definition) is 11. The summed E-state index contributed by atoms with van der Waals surface area (Å²) in [5.74, 6) is -0.624. The quantitative estimate of drug-likeness (QED) is 0.0498. The van der Waals surface area contributed by atoms with Gasteiger partial charge < -0.3 is 28.5 Å². The van der Waals surface area contributed by atoms with Gasteiger partial charge in [-0.15, -0.1) is 11.8 Å². The lowest BCUT2D eigenvalue weighted by Gasteiger charge is -2.53. The molecule has 0 bridgehead atoms. The second kappa shape index (κ2) is 16.4. The smallest absolute Gasteiger partial charge is 0.410 e. The molecule has 1 unspecified atom stereocenters. The number of nitro groups is 2. The zero-order chi connectivity index (χ0) is 36.8. The molecule has 0 spiro atoms. The first-order chi connectivity index (χ1) is 23.5. The van der Waals surface area contributed by atoms with Crippen LogP contribution in [0.4, 0.5) is 16.2 Å². The molecule has 2 fully saturated rings. The monoisotopic (exact) mass is 730 g/mol. The number of thioether (sulfide) groups is 1. The van der Waals surface area contributed by atoms with E-state index in [1.807, 2.05) is 6.92 Å². The van der Waals surface area contributed by atoms with E-state index in [-0.39, 0.29) is 53.9 Å². The Morgan fingerprint density at radius 1 is 1.02 bits per heavy atom. The van der Waals surface area contributed by atoms with Crippen LogP contribution in [0, 0.1) is 26.1 Å². The summed E-state index contributed by atoms with van der Waals surface area (Å²) in [4.78, 5) is 63.4. The number of non-ortho nitro benzene ring substituents is 2. The number of nitrogens with zero attached hydrogens (tertiary/aromatic N) is 4. The van der Waals surface area contributed by atoms with E-state index in [1.54, 1.807) is 34.1 Å². The van der Waals surface area contributed by atoms with Crippen LogP contribution in [0.2, 0.25) is 18.1 Å². The Kier molecular flexibility index (Phi) is 12.8. The molecule has 0 N–H and O–H groups in total. The summed E-state index contributed by atoms with van der Waals surface area (Å²) in [7, 11) is -2.24. The Labute approximate surface area is 297 Å². The predicted octanol–water partition coefficient (Wildman–Crippen LogP) is 5.97. The first kappa shape index (κ1) is 38.9. The van der Waals surface area contributed by atoms with E-state index in [1.165, 1.54) is 36.0 Å². The van der Waals surface area contributed by atoms with E-state index >= 15 is 0 Å². The molecule has 2 aliphatic heterocycles. The van der Waals surface area contributed by atoms with Gasteiger partial charge in [-0.3, -0.25) is 25.0 Å². The second-order valence-electron chi connectivity index (χ2n) is 14.2. The number of β-lactam (4-membered cyclic amide) rings is 1. The third kappa shape index (κ3) is 9.47. The average Bonchev–Trinajstić information content (AvgIpc) is 3.53. The minimum Gasteiger partial charge on any atom is -0.445 e. The molecule has 2 heterocycles. The van der Waals surface area contributed by atoms with Gasteiger partial charge in [0.1, 0.15) is 12.9 Å². The van der Waals surface area contributed by atoms with Crippen molar-refractivity contribution in [1.82, 2.24) is 9.80 Å². The lowest BCUT2D eigenvalue weighted by Crippen LogP contribution is -2.69. The molecular weight excluding hydrogens is 685 g/mol. The van der Waals surface area contributed by atoms with Crippen LogP contribution in [0.15, 0.2) is 48.5 Å². The summed E-state index contributed by atoms with van der Waals surface area (Å²) >= 11 is 1.45. The summed E-state index contributed by atoms with van der Waals surface area (Å²) in [6.07, 6.45) is 0.604. The Morgan fingerprint density at radius 2 is 1.58 bits per heavy atom. The highest BCUT2D eigenvalue weighted by Crippen LogP contribution is 2.43. The standard InChI is InChI=1S/C34H46N4O10SSi/c1-23(48-50(5,6)34(2,3)4)30-31(36(32(30)40)17-18-46-21-24-7-11-26(12-8-24)37(42)43)29(20-39)49-28-15-16-35(19-28)33(41)47-22-25-9-13-27(14-10-25)38(44)45/h7-14,20,23,28-31H,15-19,21-22H2,1-6H3/t23-,28+,29?,30+,31+/m1/s1. The number of carbonyl (C=O) groups excluding carboxylic acids is 3. The van der Waals surface area contributed by atoms with Crippen LogP contribution in [-0.2, 0) is 36.7 Å². The van der Waals surface area contributed by atoms with E-state index < -0.39 is 47.6 Å². The molecule has 14 nitrogen and oxygen atoms in total. The van der Waals surface area contributed by atoms with Gasteiger partial charge in [0.05, 0.1) is 46.4 Å². The molecule has 2 aromatic rings. The predicted molar refractivity (Wildman–Crippen MR) is 190 cm³/mol. The molecule has 2 aliphatic rings. The maximum Gasteiger partial charge on any atom is 0.410 e. The van der Waals surface area contributed by atoms with Gasteiger partial charge in [0, 0.05) is 49.1 Å². The van der Waals surface area contributed by atoms with Gasteiger partial charge in [-0.1, -0.05) is 20.8 Å². The summed E-state index contributed by atoms with van der Waals surface area (Å²) in [6, 6.07) is 11.4. The van der Waals surface area contributed by atoms with Crippen molar-refractivity contribution in [3.8, 4) is 0 Å². The first-order valence-corrected chi connectivity index (χ1v) is 20.4. The van der Waals surface area contributed by atoms with Crippen molar-refractivity contribution in [2.75, 3.05) is 26.2 Å². The molecule has 5 atom stereocenters. The minimum absolute atomic E-state index is 0.00947. The molecule has 0 radical (unpaired) electrons. The molecule has 0 aliphatic carbocycles. The number of carbonyl (C=O) groups is 3. The van der Waals surface area contributed by atoms with Gasteiger partial charge in [0.15, 0.2) is 8.32 Å². The van der Waals surface area contributed by atoms with Crippen molar-refractivity contribution in [3.63, 3.8) is 0 Å². The van der Waals surface area contributed by atoms with Gasteiger partial charge in [0.25, 0.3) is 11.4 Å². The van der Waals surface area contributed by atoms with Crippen LogP contribution in [-0.4, -0.2) is 95.1 Å². The maximum absolute atomic E-state index is 13.7. The van der Waals surface area contributed by atoms with E-state index in [4.69, 9.17) is 13.9 Å².